The molecule has 2 aliphatic carbocycles. The summed E-state index contributed by atoms with van der Waals surface area (Å²) in [5, 5.41) is 24.7. The number of aliphatic hydroxyl groups is 2. The van der Waals surface area contributed by atoms with Crippen LogP contribution in [0.2, 0.25) is 18.1 Å². The molecule has 3 fully saturated rings. The zero-order valence-corrected chi connectivity index (χ0v) is 26.3. The number of ketones is 1. The van der Waals surface area contributed by atoms with E-state index in [9.17, 15) is 19.8 Å². The van der Waals surface area contributed by atoms with Crippen molar-refractivity contribution in [2.45, 2.75) is 135 Å². The van der Waals surface area contributed by atoms with Crippen LogP contribution >= 0.6 is 0 Å². The summed E-state index contributed by atoms with van der Waals surface area (Å²) in [7, 11) is -2.38. The van der Waals surface area contributed by atoms with E-state index in [4.69, 9.17) is 13.9 Å². The first kappa shape index (κ1) is 31.2. The van der Waals surface area contributed by atoms with E-state index in [-0.39, 0.29) is 11.5 Å². The van der Waals surface area contributed by atoms with Crippen LogP contribution in [-0.4, -0.2) is 65.4 Å². The average molecular weight is 551 g/mol. The maximum Gasteiger partial charge on any atom is 0.330 e. The molecule has 3 rings (SSSR count). The van der Waals surface area contributed by atoms with Crippen LogP contribution in [0.1, 0.15) is 81.6 Å². The van der Waals surface area contributed by atoms with E-state index < -0.39 is 71.9 Å². The van der Waals surface area contributed by atoms with Crippen LogP contribution in [0.15, 0.2) is 24.8 Å². The molecule has 216 valence electrons. The van der Waals surface area contributed by atoms with E-state index in [0.717, 1.165) is 0 Å². The predicted octanol–water partition coefficient (Wildman–Crippen LogP) is 5.11. The van der Waals surface area contributed by atoms with Gasteiger partial charge >= 0.3 is 5.97 Å². The smallest absolute Gasteiger partial charge is 0.330 e. The van der Waals surface area contributed by atoms with Gasteiger partial charge in [-0.2, -0.15) is 0 Å². The minimum Gasteiger partial charge on any atom is -0.456 e. The van der Waals surface area contributed by atoms with Crippen molar-refractivity contribution in [3.05, 3.63) is 24.8 Å². The third kappa shape index (κ3) is 4.30. The minimum atomic E-state index is -2.38. The lowest BCUT2D eigenvalue weighted by atomic mass is 9.39. The number of fused-ring (bicyclic) bond motifs is 3. The molecule has 7 nitrogen and oxygen atoms in total. The number of rotatable bonds is 5. The second-order valence-electron chi connectivity index (χ2n) is 14.5. The lowest BCUT2D eigenvalue weighted by molar-refractivity contribution is -0.369. The Kier molecular flexibility index (Phi) is 7.69. The van der Waals surface area contributed by atoms with Crippen LogP contribution in [0.5, 0.6) is 0 Å². The van der Waals surface area contributed by atoms with Crippen molar-refractivity contribution in [1.29, 1.82) is 0 Å². The second-order valence-corrected chi connectivity index (χ2v) is 19.3. The highest BCUT2D eigenvalue weighted by Crippen LogP contribution is 2.68. The number of carbonyl (C=O) groups is 2. The monoisotopic (exact) mass is 550 g/mol. The molecule has 3 aliphatic rings. The third-order valence-corrected chi connectivity index (χ3v) is 15.0. The highest BCUT2D eigenvalue weighted by Gasteiger charge is 2.81. The summed E-state index contributed by atoms with van der Waals surface area (Å²) in [6.45, 7) is 25.6. The molecular weight excluding hydrogens is 500 g/mol. The van der Waals surface area contributed by atoms with Gasteiger partial charge in [0, 0.05) is 23.8 Å². The van der Waals surface area contributed by atoms with Gasteiger partial charge in [-0.05, 0) is 57.2 Å². The molecule has 0 bridgehead atoms. The van der Waals surface area contributed by atoms with Gasteiger partial charge < -0.3 is 24.1 Å². The fourth-order valence-corrected chi connectivity index (χ4v) is 8.83. The molecule has 38 heavy (non-hydrogen) atoms. The van der Waals surface area contributed by atoms with Crippen molar-refractivity contribution in [2.24, 2.45) is 16.7 Å². The predicted molar refractivity (Wildman–Crippen MR) is 150 cm³/mol. The Labute approximate surface area is 230 Å². The van der Waals surface area contributed by atoms with Crippen molar-refractivity contribution >= 4 is 20.1 Å². The Bertz CT molecular complexity index is 1010. The summed E-state index contributed by atoms with van der Waals surface area (Å²) in [6.07, 6.45) is 2.62. The number of Topliss-reactive ketones (excluding diaryl/α,β-unsaturated/α-hetero) is 1. The number of carbonyl (C=O) groups excluding carboxylic acids is 2. The first-order chi connectivity index (χ1) is 17.1. The van der Waals surface area contributed by atoms with E-state index in [1.54, 1.807) is 26.8 Å². The molecule has 0 spiro atoms. The summed E-state index contributed by atoms with van der Waals surface area (Å²) in [5.41, 5.74) is -6.75. The van der Waals surface area contributed by atoms with Crippen molar-refractivity contribution in [2.75, 3.05) is 0 Å². The molecule has 8 heteroatoms. The zero-order valence-electron chi connectivity index (χ0n) is 25.3. The van der Waals surface area contributed by atoms with Gasteiger partial charge in [-0.25, -0.2) is 4.79 Å². The number of ether oxygens (including phenoxy) is 2. The van der Waals surface area contributed by atoms with Gasteiger partial charge in [-0.15, -0.1) is 6.58 Å². The fraction of sp³-hybridized carbons (Fsp3) is 0.800. The fourth-order valence-electron chi connectivity index (χ4n) is 7.41. The summed E-state index contributed by atoms with van der Waals surface area (Å²) in [4.78, 5) is 27.1. The van der Waals surface area contributed by atoms with Gasteiger partial charge in [-0.3, -0.25) is 4.79 Å². The van der Waals surface area contributed by atoms with E-state index in [1.165, 1.54) is 12.2 Å². The van der Waals surface area contributed by atoms with E-state index in [0.29, 0.717) is 12.8 Å². The molecule has 2 saturated carbocycles. The molecule has 0 aromatic rings. The highest BCUT2D eigenvalue weighted by atomic mass is 28.4. The minimum absolute atomic E-state index is 0.0894. The zero-order chi connectivity index (χ0) is 29.3. The normalized spacial score (nSPS) is 43.3. The molecule has 0 aromatic carbocycles. The molecule has 1 saturated heterocycles. The maximum absolute atomic E-state index is 14.2. The quantitative estimate of drug-likeness (QED) is 0.212. The van der Waals surface area contributed by atoms with Crippen molar-refractivity contribution in [3.63, 3.8) is 0 Å². The maximum atomic E-state index is 14.2. The first-order valence-corrected chi connectivity index (χ1v) is 16.8. The number of hydrogen-bond acceptors (Lipinski definition) is 7. The molecule has 1 unspecified atom stereocenters. The third-order valence-electron chi connectivity index (χ3n) is 10.5. The summed E-state index contributed by atoms with van der Waals surface area (Å²) < 4.78 is 19.6. The van der Waals surface area contributed by atoms with Crippen molar-refractivity contribution < 1.29 is 33.7 Å². The molecule has 8 atom stereocenters. The van der Waals surface area contributed by atoms with Gasteiger partial charge in [0.05, 0.1) is 11.7 Å². The van der Waals surface area contributed by atoms with Crippen molar-refractivity contribution in [1.82, 2.24) is 0 Å². The average Bonchev–Trinajstić information content (AvgIpc) is 2.76. The molecule has 1 heterocycles. The molecule has 0 aromatic heterocycles. The number of hydrogen-bond donors (Lipinski definition) is 2. The number of aliphatic hydroxyl groups excluding tert-OH is 1. The van der Waals surface area contributed by atoms with E-state index in [2.05, 4.69) is 54.3 Å². The highest BCUT2D eigenvalue weighted by molar-refractivity contribution is 6.74. The van der Waals surface area contributed by atoms with Crippen LogP contribution in [-0.2, 0) is 23.5 Å². The van der Waals surface area contributed by atoms with E-state index in [1.807, 2.05) is 6.92 Å². The second kappa shape index (κ2) is 9.37. The lowest BCUT2D eigenvalue weighted by Crippen LogP contribution is -2.87. The Hall–Kier alpha value is -1.32. The number of allylic oxidation sites excluding steroid dienone is 1. The van der Waals surface area contributed by atoms with Gasteiger partial charge in [-0.1, -0.05) is 53.7 Å². The Morgan fingerprint density at radius 1 is 1.18 bits per heavy atom. The summed E-state index contributed by atoms with van der Waals surface area (Å²) in [6, 6.07) is 0. The van der Waals surface area contributed by atoms with Crippen LogP contribution in [0.25, 0.3) is 0 Å². The largest absolute Gasteiger partial charge is 0.456 e. The molecule has 1 aliphatic heterocycles. The lowest BCUT2D eigenvalue weighted by Gasteiger charge is -2.72. The molecule has 0 amide bonds. The molecule has 2 N–H and O–H groups in total. The summed E-state index contributed by atoms with van der Waals surface area (Å²) in [5.74, 6) is -1.61. The summed E-state index contributed by atoms with van der Waals surface area (Å²) >= 11 is 0. The van der Waals surface area contributed by atoms with Crippen LogP contribution in [0.3, 0.4) is 0 Å². The van der Waals surface area contributed by atoms with Crippen molar-refractivity contribution in [3.8, 4) is 0 Å². The topological polar surface area (TPSA) is 102 Å². The van der Waals surface area contributed by atoms with Crippen LogP contribution in [0, 0.1) is 16.7 Å². The van der Waals surface area contributed by atoms with Gasteiger partial charge in [0.25, 0.3) is 0 Å². The van der Waals surface area contributed by atoms with Gasteiger partial charge in [0.2, 0.25) is 0 Å². The molecular formula is C30H50O7Si. The first-order valence-electron chi connectivity index (χ1n) is 13.9. The SMILES string of the molecule is C=C[C@@]1(C)CC(=O)[C@]2(O)[C@@]3(C)C(O[Si](C)(C)C(C)(C)C)CCC(C)(C)[C@@H]3[C@H](OC(=O)/C=C/C)[C@H](O)[C@@]2(C)O1. The Morgan fingerprint density at radius 3 is 2.26 bits per heavy atom. The van der Waals surface area contributed by atoms with Crippen LogP contribution < -0.4 is 0 Å². The van der Waals surface area contributed by atoms with Crippen LogP contribution in [0.4, 0.5) is 0 Å². The Balaban J connectivity index is 2.35. The Morgan fingerprint density at radius 2 is 1.76 bits per heavy atom. The van der Waals surface area contributed by atoms with Gasteiger partial charge in [0.15, 0.2) is 19.7 Å². The number of esters is 1. The molecule has 0 radical (unpaired) electrons. The van der Waals surface area contributed by atoms with E-state index >= 15 is 0 Å². The standard InChI is InChI=1S/C30H50O7Si/c1-13-15-21(32)35-22-23-26(6,7)17-16-20(36-38(11,12)25(3,4)5)28(23,9)30(34)19(31)18-27(8,14-2)37-29(30,10)24(22)33/h13-15,20,22-24,33-34H,2,16-18H2,1,3-12H3/b15-13+/t20?,22-,23-,24-,27-,28-,29+,30-/m0/s1. The van der Waals surface area contributed by atoms with Gasteiger partial charge in [0.1, 0.15) is 17.8 Å².